The molecule has 0 radical (unpaired) electrons. The van der Waals surface area contributed by atoms with Crippen LogP contribution in [0.2, 0.25) is 0 Å². The number of carboxylic acids is 1. The minimum Gasteiger partial charge on any atom is -0.486 e. The first-order valence-electron chi connectivity index (χ1n) is 11.4. The van der Waals surface area contributed by atoms with Gasteiger partial charge in [-0.3, -0.25) is 19.4 Å². The summed E-state index contributed by atoms with van der Waals surface area (Å²) in [6.45, 7) is 2.03. The molecule has 2 unspecified atom stereocenters. The summed E-state index contributed by atoms with van der Waals surface area (Å²) in [6, 6.07) is 3.68. The van der Waals surface area contributed by atoms with Crippen LogP contribution in [0.1, 0.15) is 32.8 Å². The largest absolute Gasteiger partial charge is 0.486 e. The molecule has 3 rings (SSSR count). The van der Waals surface area contributed by atoms with Crippen LogP contribution in [-0.4, -0.2) is 55.0 Å². The minimum atomic E-state index is -4.91. The first-order valence-corrected chi connectivity index (χ1v) is 12.8. The highest BCUT2D eigenvalue weighted by atomic mass is 32.2. The molecule has 10 nitrogen and oxygen atoms in total. The van der Waals surface area contributed by atoms with Crippen LogP contribution in [0.4, 0.5) is 42.5 Å². The van der Waals surface area contributed by atoms with Gasteiger partial charge in [0.15, 0.2) is 0 Å². The second-order valence-electron chi connectivity index (χ2n) is 9.36. The number of carbonyl (C=O) groups is 2. The van der Waals surface area contributed by atoms with E-state index in [1.807, 2.05) is 5.32 Å². The number of pyridine rings is 1. The molecule has 0 bridgehead atoms. The maximum Gasteiger partial charge on any atom is 0.427 e. The Kier molecular flexibility index (Phi) is 8.21. The molecule has 1 aromatic carbocycles. The molecule has 0 saturated carbocycles. The Morgan fingerprint density at radius 1 is 1.18 bits per heavy atom. The number of hydrogen-bond donors (Lipinski definition) is 2. The van der Waals surface area contributed by atoms with Crippen molar-refractivity contribution in [1.29, 1.82) is 0 Å². The number of nitrogens with one attached hydrogen (secondary N) is 1. The molecule has 40 heavy (non-hydrogen) atoms. The normalized spacial score (nSPS) is 16.9. The number of rotatable bonds is 7. The van der Waals surface area contributed by atoms with Gasteiger partial charge in [0.25, 0.3) is 10.0 Å². The second kappa shape index (κ2) is 10.7. The van der Waals surface area contributed by atoms with E-state index in [4.69, 9.17) is 4.74 Å². The number of halogens is 6. The third-order valence-electron chi connectivity index (χ3n) is 5.83. The topological polar surface area (TPSA) is 135 Å². The highest BCUT2D eigenvalue weighted by Gasteiger charge is 2.51. The quantitative estimate of drug-likeness (QED) is 0.422. The van der Waals surface area contributed by atoms with Gasteiger partial charge >= 0.3 is 24.4 Å². The molecule has 2 atom stereocenters. The van der Waals surface area contributed by atoms with Crippen LogP contribution in [0.15, 0.2) is 41.6 Å². The zero-order valence-electron chi connectivity index (χ0n) is 21.0. The molecule has 17 heteroatoms. The summed E-state index contributed by atoms with van der Waals surface area (Å²) < 4.78 is 117. The summed E-state index contributed by atoms with van der Waals surface area (Å²) in [5.41, 5.74) is -4.73. The Hall–Kier alpha value is -3.76. The van der Waals surface area contributed by atoms with Gasteiger partial charge in [-0.25, -0.2) is 13.2 Å². The smallest absolute Gasteiger partial charge is 0.427 e. The Bertz CT molecular complexity index is 1400. The summed E-state index contributed by atoms with van der Waals surface area (Å²) in [7, 11) is -4.79. The molecule has 2 N–H and O–H groups in total. The van der Waals surface area contributed by atoms with Crippen molar-refractivity contribution >= 4 is 33.5 Å². The van der Waals surface area contributed by atoms with Gasteiger partial charge in [0.2, 0.25) is 5.60 Å². The maximum atomic E-state index is 13.5. The van der Waals surface area contributed by atoms with E-state index < -0.39 is 69.1 Å². The summed E-state index contributed by atoms with van der Waals surface area (Å²) >= 11 is 0. The summed E-state index contributed by atoms with van der Waals surface area (Å²) in [5.74, 6) is -2.34. The number of carboxylic acid groups (broad SMARTS) is 1. The number of fused-ring (bicyclic) bond motifs is 1. The minimum absolute atomic E-state index is 0.146. The molecule has 1 aliphatic heterocycles. The molecule has 0 fully saturated rings. The number of ether oxygens (including phenoxy) is 2. The number of hydrogen-bond acceptors (Lipinski definition) is 7. The first kappa shape index (κ1) is 30.8. The zero-order chi connectivity index (χ0) is 30.3. The third kappa shape index (κ3) is 6.68. The number of alkyl halides is 6. The molecule has 2 heterocycles. The highest BCUT2D eigenvalue weighted by Crippen LogP contribution is 2.41. The van der Waals surface area contributed by atoms with Crippen molar-refractivity contribution < 1.29 is 58.9 Å². The molecule has 0 saturated heterocycles. The fourth-order valence-electron chi connectivity index (χ4n) is 3.51. The van der Waals surface area contributed by atoms with E-state index in [9.17, 15) is 49.5 Å². The number of sulfonamides is 1. The number of carbonyl (C=O) groups excluding carboxylic acids is 1. The number of aliphatic carboxylic acids is 1. The van der Waals surface area contributed by atoms with Gasteiger partial charge in [0.05, 0.1) is 23.7 Å². The monoisotopic (exact) mass is 599 g/mol. The second-order valence-corrected chi connectivity index (χ2v) is 11.2. The van der Waals surface area contributed by atoms with Gasteiger partial charge < -0.3 is 14.6 Å². The number of aromatic nitrogens is 1. The summed E-state index contributed by atoms with van der Waals surface area (Å²) in [5, 5.41) is 11.3. The molecular weight excluding hydrogens is 576 g/mol. The van der Waals surface area contributed by atoms with Crippen molar-refractivity contribution in [2.24, 2.45) is 5.92 Å². The van der Waals surface area contributed by atoms with Crippen molar-refractivity contribution in [3.63, 3.8) is 0 Å². The lowest BCUT2D eigenvalue weighted by Gasteiger charge is -2.36. The predicted octanol–water partition coefficient (Wildman–Crippen LogP) is 5.06. The zero-order valence-corrected chi connectivity index (χ0v) is 21.8. The van der Waals surface area contributed by atoms with E-state index in [2.05, 4.69) is 9.72 Å². The Morgan fingerprint density at radius 3 is 2.40 bits per heavy atom. The molecule has 220 valence electrons. The first-order chi connectivity index (χ1) is 18.2. The lowest BCUT2D eigenvalue weighted by atomic mass is 10.0. The molecule has 0 aliphatic carbocycles. The Labute approximate surface area is 223 Å². The maximum absolute atomic E-state index is 13.5. The van der Waals surface area contributed by atoms with Gasteiger partial charge in [-0.15, -0.1) is 0 Å². The number of anilines is 2. The standard InChI is InChI=1S/C23H23F6N3O7S/c1-12(19(33)34)6-15-11-32(40(36,37)16-7-13(9-30-10-16)22(24,25)26)17-8-14(4-5-18(17)38-15)31-20(35)39-21(2,3)23(27,28)29/h4-5,7-10,12,15H,6,11H2,1-3H3,(H,31,35)(H,33,34). The molecule has 2 aromatic rings. The number of nitrogens with zero attached hydrogens (tertiary/aromatic N) is 2. The fraction of sp³-hybridized carbons (Fsp3) is 0.435. The van der Waals surface area contributed by atoms with Crippen LogP contribution >= 0.6 is 0 Å². The summed E-state index contributed by atoms with van der Waals surface area (Å²) in [4.78, 5) is 26.0. The van der Waals surface area contributed by atoms with Gasteiger partial charge in [0.1, 0.15) is 16.7 Å². The average Bonchev–Trinajstić information content (AvgIpc) is 2.82. The van der Waals surface area contributed by atoms with E-state index in [1.54, 1.807) is 0 Å². The van der Waals surface area contributed by atoms with Crippen LogP contribution in [0.25, 0.3) is 0 Å². The average molecular weight is 600 g/mol. The van der Waals surface area contributed by atoms with Crippen LogP contribution < -0.4 is 14.4 Å². The van der Waals surface area contributed by atoms with Crippen molar-refractivity contribution in [2.75, 3.05) is 16.2 Å². The molecule has 1 amide bonds. The van der Waals surface area contributed by atoms with E-state index >= 15 is 0 Å². The van der Waals surface area contributed by atoms with Gasteiger partial charge in [-0.05, 0) is 44.5 Å². The summed E-state index contributed by atoms with van der Waals surface area (Å²) in [6.07, 6.45) is -11.5. The molecule has 0 spiro atoms. The van der Waals surface area contributed by atoms with Gasteiger partial charge in [0, 0.05) is 18.1 Å². The lowest BCUT2D eigenvalue weighted by molar-refractivity contribution is -0.242. The van der Waals surface area contributed by atoms with Gasteiger partial charge in [-0.1, -0.05) is 6.92 Å². The van der Waals surface area contributed by atoms with Crippen LogP contribution in [-0.2, 0) is 25.7 Å². The fourth-order valence-corrected chi connectivity index (χ4v) is 5.00. The van der Waals surface area contributed by atoms with E-state index in [1.165, 1.54) is 6.92 Å². The molecular formula is C23H23F6N3O7S. The van der Waals surface area contributed by atoms with Crippen molar-refractivity contribution in [1.82, 2.24) is 4.98 Å². The SMILES string of the molecule is CC(CC1CN(S(=O)(=O)c2cncc(C(F)(F)F)c2)c2cc(NC(=O)OC(C)(C)C(F)(F)F)ccc2O1)C(=O)O. The number of benzene rings is 1. The van der Waals surface area contributed by atoms with Crippen LogP contribution in [0.3, 0.4) is 0 Å². The molecule has 1 aliphatic rings. The van der Waals surface area contributed by atoms with E-state index in [0.717, 1.165) is 18.2 Å². The highest BCUT2D eigenvalue weighted by molar-refractivity contribution is 7.92. The Morgan fingerprint density at radius 2 is 1.82 bits per heavy atom. The third-order valence-corrected chi connectivity index (χ3v) is 7.58. The van der Waals surface area contributed by atoms with E-state index in [0.29, 0.717) is 36.6 Å². The Balaban J connectivity index is 2.02. The van der Waals surface area contributed by atoms with Crippen molar-refractivity contribution in [2.45, 2.75) is 56.1 Å². The van der Waals surface area contributed by atoms with Crippen LogP contribution in [0, 0.1) is 5.92 Å². The van der Waals surface area contributed by atoms with E-state index in [-0.39, 0.29) is 23.5 Å². The van der Waals surface area contributed by atoms with Gasteiger partial charge in [-0.2, -0.15) is 26.3 Å². The lowest BCUT2D eigenvalue weighted by Crippen LogP contribution is -2.45. The predicted molar refractivity (Wildman–Crippen MR) is 126 cm³/mol. The van der Waals surface area contributed by atoms with Crippen molar-refractivity contribution in [3.05, 3.63) is 42.2 Å². The number of amides is 1. The van der Waals surface area contributed by atoms with Crippen LogP contribution in [0.5, 0.6) is 5.75 Å². The van der Waals surface area contributed by atoms with Crippen molar-refractivity contribution in [3.8, 4) is 5.75 Å². The molecule has 1 aromatic heterocycles.